The minimum atomic E-state index is -0.898. The summed E-state index contributed by atoms with van der Waals surface area (Å²) in [6.45, 7) is 0.190. The number of nitrogens with zero attached hydrogens (tertiary/aromatic N) is 1. The van der Waals surface area contributed by atoms with Crippen LogP contribution in [0.3, 0.4) is 0 Å². The van der Waals surface area contributed by atoms with Crippen LogP contribution in [0.4, 0.5) is 5.69 Å². The number of fused-ring (bicyclic) bond motifs is 2. The molecule has 1 aliphatic heterocycles. The highest BCUT2D eigenvalue weighted by Crippen LogP contribution is 2.36. The van der Waals surface area contributed by atoms with Crippen molar-refractivity contribution in [2.24, 2.45) is 0 Å². The zero-order chi connectivity index (χ0) is 16.7. The van der Waals surface area contributed by atoms with Crippen molar-refractivity contribution in [2.75, 3.05) is 11.4 Å². The van der Waals surface area contributed by atoms with Gasteiger partial charge in [-0.15, -0.1) is 0 Å². The summed E-state index contributed by atoms with van der Waals surface area (Å²) in [7, 11) is 0. The minimum Gasteiger partial charge on any atom is -0.481 e. The summed E-state index contributed by atoms with van der Waals surface area (Å²) in [5, 5.41) is 10.4. The molecule has 0 bridgehead atoms. The number of H-pyrrole nitrogens is 1. The van der Waals surface area contributed by atoms with Crippen LogP contribution in [0.15, 0.2) is 54.7 Å². The number of hydrogen-bond donors (Lipinski definition) is 2. The van der Waals surface area contributed by atoms with Crippen molar-refractivity contribution in [3.05, 3.63) is 65.9 Å². The number of nitrogens with one attached hydrogen (secondary N) is 1. The second-order valence-corrected chi connectivity index (χ2v) is 5.99. The van der Waals surface area contributed by atoms with Crippen molar-refractivity contribution in [1.29, 1.82) is 0 Å². The molecular weight excluding hydrogens is 304 g/mol. The second kappa shape index (κ2) is 5.53. The Morgan fingerprint density at radius 3 is 2.71 bits per heavy atom. The molecule has 5 heteroatoms. The van der Waals surface area contributed by atoms with Gasteiger partial charge in [-0.3, -0.25) is 9.59 Å². The molecule has 1 atom stereocenters. The number of aromatic nitrogens is 1. The van der Waals surface area contributed by atoms with Crippen LogP contribution in [0.1, 0.15) is 17.0 Å². The first-order valence-electron chi connectivity index (χ1n) is 7.82. The molecule has 0 radical (unpaired) electrons. The zero-order valence-electron chi connectivity index (χ0n) is 12.9. The van der Waals surface area contributed by atoms with Gasteiger partial charge in [0, 0.05) is 29.3 Å². The fourth-order valence-corrected chi connectivity index (χ4v) is 3.39. The molecular formula is C19H16N2O3. The molecule has 4 rings (SSSR count). The van der Waals surface area contributed by atoms with E-state index in [2.05, 4.69) is 4.98 Å². The molecule has 0 aliphatic carbocycles. The molecule has 3 aromatic rings. The molecule has 2 heterocycles. The zero-order valence-corrected chi connectivity index (χ0v) is 12.9. The first-order valence-corrected chi connectivity index (χ1v) is 7.82. The van der Waals surface area contributed by atoms with Crippen LogP contribution in [0.2, 0.25) is 0 Å². The number of carboxylic acids is 1. The van der Waals surface area contributed by atoms with Gasteiger partial charge in [-0.25, -0.2) is 0 Å². The van der Waals surface area contributed by atoms with Gasteiger partial charge >= 0.3 is 5.97 Å². The van der Waals surface area contributed by atoms with E-state index in [1.165, 1.54) is 0 Å². The minimum absolute atomic E-state index is 0.0871. The third kappa shape index (κ3) is 2.25. The summed E-state index contributed by atoms with van der Waals surface area (Å²) in [6.07, 6.45) is 2.09. The molecule has 0 fully saturated rings. The van der Waals surface area contributed by atoms with Crippen LogP contribution in [-0.2, 0) is 16.0 Å². The molecule has 1 unspecified atom stereocenters. The molecule has 0 saturated carbocycles. The third-order valence-corrected chi connectivity index (χ3v) is 4.58. The molecule has 2 N–H and O–H groups in total. The van der Waals surface area contributed by atoms with Crippen molar-refractivity contribution < 1.29 is 14.7 Å². The van der Waals surface area contributed by atoms with Gasteiger partial charge in [-0.2, -0.15) is 0 Å². The Morgan fingerprint density at radius 1 is 1.12 bits per heavy atom. The van der Waals surface area contributed by atoms with E-state index in [0.29, 0.717) is 11.3 Å². The highest BCUT2D eigenvalue weighted by atomic mass is 16.4. The summed E-state index contributed by atoms with van der Waals surface area (Å²) in [6, 6.07) is 15.1. The average molecular weight is 320 g/mol. The van der Waals surface area contributed by atoms with Crippen LogP contribution in [-0.4, -0.2) is 28.5 Å². The predicted octanol–water partition coefficient (Wildman–Crippen LogP) is 2.93. The molecule has 5 nitrogen and oxygen atoms in total. The Morgan fingerprint density at radius 2 is 1.88 bits per heavy atom. The smallest absolute Gasteiger partial charge is 0.312 e. The van der Waals surface area contributed by atoms with Crippen LogP contribution < -0.4 is 4.90 Å². The summed E-state index contributed by atoms with van der Waals surface area (Å²) < 4.78 is 0. The maximum absolute atomic E-state index is 12.8. The lowest BCUT2D eigenvalue weighted by Gasteiger charge is -2.17. The summed E-state index contributed by atoms with van der Waals surface area (Å²) in [4.78, 5) is 29.0. The van der Waals surface area contributed by atoms with E-state index < -0.39 is 11.9 Å². The lowest BCUT2D eigenvalue weighted by Crippen LogP contribution is -2.32. The summed E-state index contributed by atoms with van der Waals surface area (Å²) in [5.41, 5.74) is 3.32. The molecule has 120 valence electrons. The monoisotopic (exact) mass is 320 g/mol. The molecule has 1 aliphatic rings. The van der Waals surface area contributed by atoms with Crippen LogP contribution in [0.25, 0.3) is 10.9 Å². The van der Waals surface area contributed by atoms with Gasteiger partial charge in [0.25, 0.3) is 0 Å². The largest absolute Gasteiger partial charge is 0.481 e. The van der Waals surface area contributed by atoms with Crippen LogP contribution >= 0.6 is 0 Å². The maximum atomic E-state index is 12.8. The highest BCUT2D eigenvalue weighted by molar-refractivity contribution is 6.01. The normalized spacial score (nSPS) is 16.3. The fourth-order valence-electron chi connectivity index (χ4n) is 3.39. The van der Waals surface area contributed by atoms with Crippen molar-refractivity contribution in [3.8, 4) is 0 Å². The Bertz CT molecular complexity index is 944. The standard InChI is InChI=1S/C19H16N2O3/c22-18(9-12-10-20-16-7-3-1-5-13(12)16)21-11-15(19(23)24)14-6-2-4-8-17(14)21/h1-8,10,15,20H,9,11H2,(H,23,24). The first-order chi connectivity index (χ1) is 11.6. The number of benzene rings is 2. The summed E-state index contributed by atoms with van der Waals surface area (Å²) in [5.74, 6) is -1.64. The van der Waals surface area contributed by atoms with E-state index >= 15 is 0 Å². The Balaban J connectivity index is 1.65. The van der Waals surface area contributed by atoms with E-state index in [-0.39, 0.29) is 18.9 Å². The van der Waals surface area contributed by atoms with E-state index in [1.807, 2.05) is 48.7 Å². The molecule has 2 aromatic carbocycles. The van der Waals surface area contributed by atoms with E-state index in [0.717, 1.165) is 16.5 Å². The number of rotatable bonds is 3. The Kier molecular flexibility index (Phi) is 3.34. The quantitative estimate of drug-likeness (QED) is 0.779. The Hall–Kier alpha value is -3.08. The summed E-state index contributed by atoms with van der Waals surface area (Å²) >= 11 is 0. The first kappa shape index (κ1) is 14.5. The van der Waals surface area contributed by atoms with Crippen molar-refractivity contribution in [3.63, 3.8) is 0 Å². The van der Waals surface area contributed by atoms with Crippen molar-refractivity contribution in [1.82, 2.24) is 4.98 Å². The lowest BCUT2D eigenvalue weighted by atomic mass is 10.0. The van der Waals surface area contributed by atoms with Gasteiger partial charge in [0.15, 0.2) is 0 Å². The number of anilines is 1. The van der Waals surface area contributed by atoms with E-state index in [4.69, 9.17) is 0 Å². The predicted molar refractivity (Wildman–Crippen MR) is 91.2 cm³/mol. The van der Waals surface area contributed by atoms with Gasteiger partial charge in [-0.1, -0.05) is 36.4 Å². The molecule has 0 saturated heterocycles. The van der Waals surface area contributed by atoms with Gasteiger partial charge in [0.1, 0.15) is 5.92 Å². The van der Waals surface area contributed by atoms with Crippen LogP contribution in [0.5, 0.6) is 0 Å². The molecule has 1 aromatic heterocycles. The number of amides is 1. The second-order valence-electron chi connectivity index (χ2n) is 5.99. The van der Waals surface area contributed by atoms with Gasteiger partial charge in [-0.05, 0) is 23.3 Å². The van der Waals surface area contributed by atoms with Gasteiger partial charge < -0.3 is 15.0 Å². The molecule has 1 amide bonds. The van der Waals surface area contributed by atoms with E-state index in [1.54, 1.807) is 11.0 Å². The third-order valence-electron chi connectivity index (χ3n) is 4.58. The number of para-hydroxylation sites is 2. The topological polar surface area (TPSA) is 73.4 Å². The molecule has 24 heavy (non-hydrogen) atoms. The number of carbonyl (C=O) groups is 2. The Labute approximate surface area is 138 Å². The number of aromatic amines is 1. The van der Waals surface area contributed by atoms with E-state index in [9.17, 15) is 14.7 Å². The number of carbonyl (C=O) groups excluding carboxylic acids is 1. The van der Waals surface area contributed by atoms with Crippen molar-refractivity contribution >= 4 is 28.5 Å². The van der Waals surface area contributed by atoms with Gasteiger partial charge in [0.2, 0.25) is 5.91 Å². The average Bonchev–Trinajstić information content (AvgIpc) is 3.17. The van der Waals surface area contributed by atoms with Crippen molar-refractivity contribution in [2.45, 2.75) is 12.3 Å². The van der Waals surface area contributed by atoms with Crippen LogP contribution in [0, 0.1) is 0 Å². The fraction of sp³-hybridized carbons (Fsp3) is 0.158. The lowest BCUT2D eigenvalue weighted by molar-refractivity contribution is -0.138. The maximum Gasteiger partial charge on any atom is 0.312 e. The highest BCUT2D eigenvalue weighted by Gasteiger charge is 2.36. The number of hydrogen-bond acceptors (Lipinski definition) is 2. The number of aliphatic carboxylic acids is 1. The SMILES string of the molecule is O=C(O)C1CN(C(=O)Cc2c[nH]c3ccccc23)c2ccccc21. The number of carboxylic acid groups (broad SMARTS) is 1. The van der Waals surface area contributed by atoms with Gasteiger partial charge in [0.05, 0.1) is 6.42 Å². The molecule has 0 spiro atoms.